The Bertz CT molecular complexity index is 746. The molecular weight excluding hydrogens is 324 g/mol. The zero-order valence-electron chi connectivity index (χ0n) is 13.6. The van der Waals surface area contributed by atoms with E-state index in [9.17, 15) is 0 Å². The van der Waals surface area contributed by atoms with E-state index in [1.54, 1.807) is 17.6 Å². The van der Waals surface area contributed by atoms with E-state index < -0.39 is 0 Å². The van der Waals surface area contributed by atoms with Crippen LogP contribution in [-0.2, 0) is 6.54 Å². The van der Waals surface area contributed by atoms with Crippen LogP contribution in [0.2, 0.25) is 0 Å². The molecule has 126 valence electrons. The van der Waals surface area contributed by atoms with E-state index in [0.717, 1.165) is 43.4 Å². The fraction of sp³-hybridized carbons (Fsp3) is 0.412. The molecule has 0 saturated carbocycles. The van der Waals surface area contributed by atoms with Crippen molar-refractivity contribution in [3.8, 4) is 10.8 Å². The van der Waals surface area contributed by atoms with Gasteiger partial charge in [0.05, 0.1) is 23.7 Å². The molecule has 0 spiro atoms. The number of aromatic nitrogens is 2. The minimum absolute atomic E-state index is 0.136. The molecule has 3 aromatic heterocycles. The number of nitrogens with zero attached hydrogens (tertiary/aromatic N) is 4. The Morgan fingerprint density at radius 2 is 2.04 bits per heavy atom. The van der Waals surface area contributed by atoms with E-state index in [0.29, 0.717) is 11.8 Å². The molecular formula is C17H20N4O2S. The van der Waals surface area contributed by atoms with Crippen molar-refractivity contribution < 1.29 is 8.83 Å². The lowest BCUT2D eigenvalue weighted by Gasteiger charge is -2.36. The van der Waals surface area contributed by atoms with Gasteiger partial charge in [-0.1, -0.05) is 6.07 Å². The fourth-order valence-corrected chi connectivity index (χ4v) is 3.64. The van der Waals surface area contributed by atoms with Crippen LogP contribution in [-0.4, -0.2) is 46.2 Å². The van der Waals surface area contributed by atoms with Crippen LogP contribution in [0.5, 0.6) is 0 Å². The summed E-state index contributed by atoms with van der Waals surface area (Å²) in [7, 11) is 0. The average molecular weight is 344 g/mol. The minimum atomic E-state index is 0.136. The Hall–Kier alpha value is -1.96. The number of hydrogen-bond donors (Lipinski definition) is 0. The molecule has 0 N–H and O–H groups in total. The molecule has 1 atom stereocenters. The predicted octanol–water partition coefficient (Wildman–Crippen LogP) is 3.27. The van der Waals surface area contributed by atoms with Crippen LogP contribution >= 0.6 is 11.3 Å². The summed E-state index contributed by atoms with van der Waals surface area (Å²) in [6.07, 6.45) is 1.73. The maximum atomic E-state index is 5.87. The second kappa shape index (κ2) is 6.88. The van der Waals surface area contributed by atoms with Gasteiger partial charge in [0.2, 0.25) is 5.89 Å². The number of furan rings is 1. The SMILES string of the molecule is C[C@H](c1nnc(-c2cccs2)o1)N1CCN(Cc2ccco2)CC1. The highest BCUT2D eigenvalue weighted by Crippen LogP contribution is 2.27. The van der Waals surface area contributed by atoms with Crippen LogP contribution in [0.1, 0.15) is 24.6 Å². The van der Waals surface area contributed by atoms with Crippen LogP contribution in [0, 0.1) is 0 Å². The normalized spacial score (nSPS) is 18.0. The third-order valence-corrected chi connectivity index (χ3v) is 5.30. The minimum Gasteiger partial charge on any atom is -0.468 e. The summed E-state index contributed by atoms with van der Waals surface area (Å²) < 4.78 is 11.3. The largest absolute Gasteiger partial charge is 0.468 e. The summed E-state index contributed by atoms with van der Waals surface area (Å²) in [4.78, 5) is 5.82. The van der Waals surface area contributed by atoms with E-state index in [1.165, 1.54) is 0 Å². The van der Waals surface area contributed by atoms with E-state index in [1.807, 2.05) is 29.6 Å². The van der Waals surface area contributed by atoms with Crippen LogP contribution in [0.3, 0.4) is 0 Å². The Morgan fingerprint density at radius 3 is 2.75 bits per heavy atom. The molecule has 7 heteroatoms. The molecule has 4 heterocycles. The Kier molecular flexibility index (Phi) is 4.46. The zero-order valence-corrected chi connectivity index (χ0v) is 14.4. The average Bonchev–Trinajstić information content (AvgIpc) is 3.36. The molecule has 1 fully saturated rings. The second-order valence-electron chi connectivity index (χ2n) is 5.99. The molecule has 3 aromatic rings. The summed E-state index contributed by atoms with van der Waals surface area (Å²) in [6.45, 7) is 7.00. The van der Waals surface area contributed by atoms with E-state index in [4.69, 9.17) is 8.83 Å². The van der Waals surface area contributed by atoms with Gasteiger partial charge in [-0.25, -0.2) is 0 Å². The Balaban J connectivity index is 1.35. The van der Waals surface area contributed by atoms with Gasteiger partial charge in [-0.05, 0) is 30.5 Å². The van der Waals surface area contributed by atoms with E-state index in [-0.39, 0.29) is 6.04 Å². The third-order valence-electron chi connectivity index (χ3n) is 4.44. The van der Waals surface area contributed by atoms with Crippen LogP contribution in [0.25, 0.3) is 10.8 Å². The standard InChI is InChI=1S/C17H20N4O2S/c1-13(16-18-19-17(23-16)15-5-3-11-24-15)21-8-6-20(7-9-21)12-14-4-2-10-22-14/h2-5,10-11,13H,6-9,12H2,1H3/t13-/m1/s1. The highest BCUT2D eigenvalue weighted by atomic mass is 32.1. The molecule has 4 rings (SSSR count). The molecule has 0 unspecified atom stereocenters. The predicted molar refractivity (Wildman–Crippen MR) is 91.6 cm³/mol. The summed E-state index contributed by atoms with van der Waals surface area (Å²) in [5.74, 6) is 2.33. The maximum Gasteiger partial charge on any atom is 0.257 e. The van der Waals surface area contributed by atoms with Crippen molar-refractivity contribution >= 4 is 11.3 Å². The first-order chi connectivity index (χ1) is 11.8. The van der Waals surface area contributed by atoms with Crippen LogP contribution in [0.15, 0.2) is 44.7 Å². The van der Waals surface area contributed by atoms with E-state index in [2.05, 4.69) is 26.9 Å². The molecule has 0 amide bonds. The molecule has 24 heavy (non-hydrogen) atoms. The lowest BCUT2D eigenvalue weighted by atomic mass is 10.2. The molecule has 1 aliphatic rings. The maximum absolute atomic E-state index is 5.87. The van der Waals surface area contributed by atoms with Gasteiger partial charge in [0, 0.05) is 26.2 Å². The van der Waals surface area contributed by atoms with Crippen molar-refractivity contribution in [1.82, 2.24) is 20.0 Å². The van der Waals surface area contributed by atoms with Crippen molar-refractivity contribution in [2.24, 2.45) is 0 Å². The number of rotatable bonds is 5. The lowest BCUT2D eigenvalue weighted by Crippen LogP contribution is -2.46. The second-order valence-corrected chi connectivity index (χ2v) is 6.94. The topological polar surface area (TPSA) is 58.5 Å². The molecule has 1 aliphatic heterocycles. The molecule has 0 bridgehead atoms. The molecule has 6 nitrogen and oxygen atoms in total. The van der Waals surface area contributed by atoms with Crippen LogP contribution < -0.4 is 0 Å². The van der Waals surface area contributed by atoms with Crippen molar-refractivity contribution in [2.45, 2.75) is 19.5 Å². The summed E-state index contributed by atoms with van der Waals surface area (Å²) in [5, 5.41) is 10.4. The quantitative estimate of drug-likeness (QED) is 0.708. The summed E-state index contributed by atoms with van der Waals surface area (Å²) in [6, 6.07) is 8.09. The Labute approximate surface area is 144 Å². The van der Waals surface area contributed by atoms with Gasteiger partial charge in [-0.3, -0.25) is 9.80 Å². The zero-order chi connectivity index (χ0) is 16.4. The molecule has 0 radical (unpaired) electrons. The first kappa shape index (κ1) is 15.6. The smallest absolute Gasteiger partial charge is 0.257 e. The van der Waals surface area contributed by atoms with Gasteiger partial charge in [-0.2, -0.15) is 0 Å². The van der Waals surface area contributed by atoms with Gasteiger partial charge in [0.15, 0.2) is 0 Å². The number of piperazine rings is 1. The van der Waals surface area contributed by atoms with Crippen molar-refractivity contribution in [2.75, 3.05) is 26.2 Å². The lowest BCUT2D eigenvalue weighted by molar-refractivity contribution is 0.0837. The van der Waals surface area contributed by atoms with Gasteiger partial charge >= 0.3 is 0 Å². The summed E-state index contributed by atoms with van der Waals surface area (Å²) in [5.41, 5.74) is 0. The molecule has 0 aromatic carbocycles. The van der Waals surface area contributed by atoms with Crippen LogP contribution in [0.4, 0.5) is 0 Å². The first-order valence-electron chi connectivity index (χ1n) is 8.15. The summed E-state index contributed by atoms with van der Waals surface area (Å²) >= 11 is 1.61. The Morgan fingerprint density at radius 1 is 1.17 bits per heavy atom. The highest BCUT2D eigenvalue weighted by Gasteiger charge is 2.26. The first-order valence-corrected chi connectivity index (χ1v) is 9.03. The van der Waals surface area contributed by atoms with Gasteiger partial charge in [0.25, 0.3) is 5.89 Å². The van der Waals surface area contributed by atoms with Crippen molar-refractivity contribution in [1.29, 1.82) is 0 Å². The highest BCUT2D eigenvalue weighted by molar-refractivity contribution is 7.13. The third kappa shape index (κ3) is 3.28. The van der Waals surface area contributed by atoms with Gasteiger partial charge in [0.1, 0.15) is 5.76 Å². The fourth-order valence-electron chi connectivity index (χ4n) is 2.99. The number of hydrogen-bond acceptors (Lipinski definition) is 7. The monoisotopic (exact) mass is 344 g/mol. The van der Waals surface area contributed by atoms with Gasteiger partial charge in [-0.15, -0.1) is 21.5 Å². The van der Waals surface area contributed by atoms with Crippen molar-refractivity contribution in [3.05, 3.63) is 47.6 Å². The molecule has 0 aliphatic carbocycles. The van der Waals surface area contributed by atoms with E-state index >= 15 is 0 Å². The number of thiophene rings is 1. The van der Waals surface area contributed by atoms with Gasteiger partial charge < -0.3 is 8.83 Å². The van der Waals surface area contributed by atoms with Crippen molar-refractivity contribution in [3.63, 3.8) is 0 Å². The molecule has 1 saturated heterocycles.